The van der Waals surface area contributed by atoms with Crippen LogP contribution in [0.5, 0.6) is 0 Å². The SMILES string of the molecule is C=CCNC(=O)NC(=O)CN(CCOC)CC1CCCN1. The number of nitrogens with one attached hydrogen (secondary N) is 3. The van der Waals surface area contributed by atoms with E-state index in [0.29, 0.717) is 25.7 Å². The highest BCUT2D eigenvalue weighted by Crippen LogP contribution is 2.06. The number of carbonyl (C=O) groups excluding carboxylic acids is 2. The Hall–Kier alpha value is -1.44. The average molecular weight is 298 g/mol. The first-order valence-electron chi connectivity index (χ1n) is 7.29. The summed E-state index contributed by atoms with van der Waals surface area (Å²) < 4.78 is 5.07. The first-order chi connectivity index (χ1) is 10.2. The molecule has 0 bridgehead atoms. The average Bonchev–Trinajstić information content (AvgIpc) is 2.95. The number of rotatable bonds is 9. The molecule has 1 saturated heterocycles. The van der Waals surface area contributed by atoms with Gasteiger partial charge < -0.3 is 15.4 Å². The third-order valence-electron chi connectivity index (χ3n) is 3.28. The molecule has 7 heteroatoms. The zero-order chi connectivity index (χ0) is 15.5. The Morgan fingerprint density at radius 1 is 1.52 bits per heavy atom. The van der Waals surface area contributed by atoms with Crippen molar-refractivity contribution < 1.29 is 14.3 Å². The summed E-state index contributed by atoms with van der Waals surface area (Å²) >= 11 is 0. The maximum absolute atomic E-state index is 11.9. The fourth-order valence-corrected chi connectivity index (χ4v) is 2.26. The van der Waals surface area contributed by atoms with Crippen LogP contribution < -0.4 is 16.0 Å². The molecule has 1 aliphatic heterocycles. The Balaban J connectivity index is 2.36. The topological polar surface area (TPSA) is 82.7 Å². The molecule has 1 rings (SSSR count). The van der Waals surface area contributed by atoms with Crippen LogP contribution in [0.25, 0.3) is 0 Å². The van der Waals surface area contributed by atoms with Gasteiger partial charge >= 0.3 is 6.03 Å². The van der Waals surface area contributed by atoms with Gasteiger partial charge in [-0.3, -0.25) is 15.0 Å². The minimum atomic E-state index is -0.495. The number of methoxy groups -OCH3 is 1. The van der Waals surface area contributed by atoms with Gasteiger partial charge in [0.2, 0.25) is 5.91 Å². The molecule has 0 saturated carbocycles. The summed E-state index contributed by atoms with van der Waals surface area (Å²) in [7, 11) is 1.63. The number of urea groups is 1. The molecule has 0 radical (unpaired) electrons. The summed E-state index contributed by atoms with van der Waals surface area (Å²) in [5, 5.41) is 8.22. The summed E-state index contributed by atoms with van der Waals surface area (Å²) in [6, 6.07) is -0.0881. The van der Waals surface area contributed by atoms with Gasteiger partial charge in [-0.05, 0) is 19.4 Å². The molecule has 0 aliphatic carbocycles. The lowest BCUT2D eigenvalue weighted by molar-refractivity contribution is -0.121. The Labute approximate surface area is 126 Å². The van der Waals surface area contributed by atoms with E-state index >= 15 is 0 Å². The predicted octanol–water partition coefficient (Wildman–Crippen LogP) is -0.301. The lowest BCUT2D eigenvalue weighted by Gasteiger charge is -2.24. The number of amides is 3. The summed E-state index contributed by atoms with van der Waals surface area (Å²) in [6.45, 7) is 7.04. The monoisotopic (exact) mass is 298 g/mol. The van der Waals surface area contributed by atoms with Crippen molar-refractivity contribution in [2.45, 2.75) is 18.9 Å². The zero-order valence-electron chi connectivity index (χ0n) is 12.7. The molecule has 7 nitrogen and oxygen atoms in total. The summed E-state index contributed by atoms with van der Waals surface area (Å²) in [5.74, 6) is -0.314. The van der Waals surface area contributed by atoms with Gasteiger partial charge in [0.15, 0.2) is 0 Å². The Bertz CT molecular complexity index is 343. The van der Waals surface area contributed by atoms with E-state index in [4.69, 9.17) is 4.74 Å². The number of imide groups is 1. The fourth-order valence-electron chi connectivity index (χ4n) is 2.26. The molecule has 1 unspecified atom stereocenters. The molecule has 21 heavy (non-hydrogen) atoms. The standard InChI is InChI=1S/C14H26N4O3/c1-3-6-16-14(20)17-13(19)11-18(8-9-21-2)10-12-5-4-7-15-12/h3,12,15H,1,4-11H2,2H3,(H2,16,17,19,20). The molecule has 0 aromatic rings. The fraction of sp³-hybridized carbons (Fsp3) is 0.714. The minimum absolute atomic E-state index is 0.184. The van der Waals surface area contributed by atoms with E-state index in [0.717, 1.165) is 19.5 Å². The number of nitrogens with zero attached hydrogens (tertiary/aromatic N) is 1. The van der Waals surface area contributed by atoms with Crippen LogP contribution in [0.3, 0.4) is 0 Å². The molecule has 1 atom stereocenters. The highest BCUT2D eigenvalue weighted by Gasteiger charge is 2.20. The lowest BCUT2D eigenvalue weighted by Crippen LogP contribution is -2.47. The van der Waals surface area contributed by atoms with Gasteiger partial charge in [0, 0.05) is 32.8 Å². The van der Waals surface area contributed by atoms with Gasteiger partial charge in [0.05, 0.1) is 13.2 Å². The van der Waals surface area contributed by atoms with Crippen LogP contribution in [0.1, 0.15) is 12.8 Å². The maximum atomic E-state index is 11.9. The molecular formula is C14H26N4O3. The van der Waals surface area contributed by atoms with Gasteiger partial charge in [-0.2, -0.15) is 0 Å². The van der Waals surface area contributed by atoms with Crippen LogP contribution in [0.15, 0.2) is 12.7 Å². The van der Waals surface area contributed by atoms with E-state index < -0.39 is 6.03 Å². The van der Waals surface area contributed by atoms with Crippen LogP contribution in [0.2, 0.25) is 0 Å². The van der Waals surface area contributed by atoms with Crippen molar-refractivity contribution in [2.24, 2.45) is 0 Å². The van der Waals surface area contributed by atoms with Crippen LogP contribution in [0, 0.1) is 0 Å². The van der Waals surface area contributed by atoms with E-state index in [9.17, 15) is 9.59 Å². The van der Waals surface area contributed by atoms with E-state index in [1.54, 1.807) is 13.2 Å². The second-order valence-electron chi connectivity index (χ2n) is 5.07. The van der Waals surface area contributed by atoms with E-state index in [2.05, 4.69) is 22.5 Å². The molecular weight excluding hydrogens is 272 g/mol. The Kier molecular flexibility index (Phi) is 8.65. The summed E-state index contributed by atoms with van der Waals surface area (Å²) in [4.78, 5) is 25.3. The largest absolute Gasteiger partial charge is 0.383 e. The van der Waals surface area contributed by atoms with Gasteiger partial charge in [0.1, 0.15) is 0 Å². The molecule has 0 spiro atoms. The smallest absolute Gasteiger partial charge is 0.321 e. The molecule has 0 aromatic heterocycles. The summed E-state index contributed by atoms with van der Waals surface area (Å²) in [6.07, 6.45) is 3.84. The van der Waals surface area contributed by atoms with E-state index in [1.165, 1.54) is 6.42 Å². The van der Waals surface area contributed by atoms with Crippen molar-refractivity contribution in [2.75, 3.05) is 46.4 Å². The predicted molar refractivity (Wildman–Crippen MR) is 81.1 cm³/mol. The lowest BCUT2D eigenvalue weighted by atomic mass is 10.2. The summed E-state index contributed by atoms with van der Waals surface area (Å²) in [5.41, 5.74) is 0. The maximum Gasteiger partial charge on any atom is 0.321 e. The van der Waals surface area contributed by atoms with Crippen LogP contribution >= 0.6 is 0 Å². The Morgan fingerprint density at radius 3 is 2.95 bits per heavy atom. The van der Waals surface area contributed by atoms with Gasteiger partial charge in [0.25, 0.3) is 0 Å². The number of hydrogen-bond acceptors (Lipinski definition) is 5. The van der Waals surface area contributed by atoms with Crippen molar-refractivity contribution >= 4 is 11.9 Å². The van der Waals surface area contributed by atoms with Crippen LogP contribution in [-0.2, 0) is 9.53 Å². The van der Waals surface area contributed by atoms with E-state index in [1.807, 2.05) is 4.90 Å². The zero-order valence-corrected chi connectivity index (χ0v) is 12.7. The van der Waals surface area contributed by atoms with Crippen molar-refractivity contribution in [3.05, 3.63) is 12.7 Å². The normalized spacial score (nSPS) is 17.7. The molecule has 3 amide bonds. The first kappa shape index (κ1) is 17.6. The van der Waals surface area contributed by atoms with Crippen molar-refractivity contribution in [3.8, 4) is 0 Å². The van der Waals surface area contributed by atoms with Crippen molar-refractivity contribution in [1.82, 2.24) is 20.9 Å². The third-order valence-corrected chi connectivity index (χ3v) is 3.28. The second-order valence-corrected chi connectivity index (χ2v) is 5.07. The van der Waals surface area contributed by atoms with Gasteiger partial charge in [-0.1, -0.05) is 6.08 Å². The molecule has 1 aliphatic rings. The second kappa shape index (κ2) is 10.3. The number of ether oxygens (including phenoxy) is 1. The van der Waals surface area contributed by atoms with Gasteiger partial charge in [-0.25, -0.2) is 4.79 Å². The third kappa shape index (κ3) is 7.79. The molecule has 1 heterocycles. The Morgan fingerprint density at radius 2 is 2.33 bits per heavy atom. The molecule has 0 aromatic carbocycles. The first-order valence-corrected chi connectivity index (χ1v) is 7.29. The number of carbonyl (C=O) groups is 2. The van der Waals surface area contributed by atoms with Crippen LogP contribution in [-0.4, -0.2) is 69.3 Å². The minimum Gasteiger partial charge on any atom is -0.383 e. The highest BCUT2D eigenvalue weighted by molar-refractivity contribution is 5.95. The highest BCUT2D eigenvalue weighted by atomic mass is 16.5. The van der Waals surface area contributed by atoms with Crippen molar-refractivity contribution in [1.29, 1.82) is 0 Å². The van der Waals surface area contributed by atoms with Crippen LogP contribution in [0.4, 0.5) is 4.79 Å². The molecule has 1 fully saturated rings. The number of hydrogen-bond donors (Lipinski definition) is 3. The molecule has 120 valence electrons. The molecule has 3 N–H and O–H groups in total. The quantitative estimate of drug-likeness (QED) is 0.509. The van der Waals surface area contributed by atoms with E-state index in [-0.39, 0.29) is 12.5 Å². The van der Waals surface area contributed by atoms with Gasteiger partial charge in [-0.15, -0.1) is 6.58 Å². The van der Waals surface area contributed by atoms with Crippen molar-refractivity contribution in [3.63, 3.8) is 0 Å².